The number of benzene rings is 1. The summed E-state index contributed by atoms with van der Waals surface area (Å²) in [6, 6.07) is 7.67. The van der Waals surface area contributed by atoms with Crippen LogP contribution in [0.25, 0.3) is 0 Å². The van der Waals surface area contributed by atoms with Crippen molar-refractivity contribution in [1.29, 1.82) is 0 Å². The molecular weight excluding hydrogens is 362 g/mol. The van der Waals surface area contributed by atoms with E-state index in [4.69, 9.17) is 14.6 Å². The zero-order valence-electron chi connectivity index (χ0n) is 16.8. The molecule has 0 aliphatic rings. The van der Waals surface area contributed by atoms with E-state index in [2.05, 4.69) is 11.9 Å². The number of aliphatic hydroxyl groups excluding tert-OH is 1. The Bertz CT molecular complexity index is 922. The van der Waals surface area contributed by atoms with Crippen LogP contribution in [0, 0.1) is 6.92 Å². The van der Waals surface area contributed by atoms with Crippen LogP contribution in [0.4, 0.5) is 5.82 Å². The van der Waals surface area contributed by atoms with Gasteiger partial charge in [0, 0.05) is 14.0 Å². The Balaban J connectivity index is 2.31. The van der Waals surface area contributed by atoms with Gasteiger partial charge in [0.15, 0.2) is 5.90 Å². The quantitative estimate of drug-likeness (QED) is 0.420. The first-order valence-corrected chi connectivity index (χ1v) is 9.20. The van der Waals surface area contributed by atoms with Crippen molar-refractivity contribution in [2.75, 3.05) is 19.8 Å². The minimum absolute atomic E-state index is 0.107. The molecule has 0 unspecified atom stereocenters. The molecule has 0 atom stereocenters. The molecule has 1 N–H and O–H groups in total. The molecule has 0 amide bonds. The van der Waals surface area contributed by atoms with Crippen LogP contribution in [0.15, 0.2) is 38.8 Å². The molecule has 1 aromatic heterocycles. The highest BCUT2D eigenvalue weighted by Crippen LogP contribution is 2.17. The van der Waals surface area contributed by atoms with Crippen LogP contribution in [0.5, 0.6) is 5.75 Å². The summed E-state index contributed by atoms with van der Waals surface area (Å²) in [5.74, 6) is 1.24. The second kappa shape index (κ2) is 10.0. The summed E-state index contributed by atoms with van der Waals surface area (Å²) < 4.78 is 13.3. The molecule has 8 nitrogen and oxygen atoms in total. The molecule has 0 spiro atoms. The lowest BCUT2D eigenvalue weighted by molar-refractivity contribution is 0.0857. The minimum Gasteiger partial charge on any atom is -0.443 e. The van der Waals surface area contributed by atoms with Crippen LogP contribution >= 0.6 is 0 Å². The van der Waals surface area contributed by atoms with Gasteiger partial charge in [0.25, 0.3) is 5.56 Å². The van der Waals surface area contributed by atoms with E-state index in [1.54, 1.807) is 20.9 Å². The van der Waals surface area contributed by atoms with Crippen molar-refractivity contribution in [3.05, 3.63) is 56.2 Å². The monoisotopic (exact) mass is 389 g/mol. The molecule has 8 heteroatoms. The zero-order chi connectivity index (χ0) is 20.7. The molecule has 2 rings (SSSR count). The Kier molecular flexibility index (Phi) is 7.71. The van der Waals surface area contributed by atoms with Gasteiger partial charge in [0.1, 0.15) is 11.6 Å². The molecule has 1 heterocycles. The standard InChI is InChI=1S/C20H27N3O5/c1-5-16-7-6-8-17(13-16)28-15(3)21-18-14(2)19(25)23(20(26)22(18)4)9-11-27-12-10-24/h6-8,13,24H,5,9-12H2,1-4H3/b21-15+. The summed E-state index contributed by atoms with van der Waals surface area (Å²) in [5.41, 5.74) is 0.576. The molecular formula is C20H27N3O5. The van der Waals surface area contributed by atoms with Gasteiger partial charge < -0.3 is 14.6 Å². The highest BCUT2D eigenvalue weighted by atomic mass is 16.5. The van der Waals surface area contributed by atoms with Crippen molar-refractivity contribution < 1.29 is 14.6 Å². The summed E-state index contributed by atoms with van der Waals surface area (Å²) in [7, 11) is 1.56. The molecule has 28 heavy (non-hydrogen) atoms. The normalized spacial score (nSPS) is 11.7. The number of aryl methyl sites for hydroxylation is 1. The lowest BCUT2D eigenvalue weighted by atomic mass is 10.2. The predicted molar refractivity (Wildman–Crippen MR) is 108 cm³/mol. The average Bonchev–Trinajstić information content (AvgIpc) is 2.69. The summed E-state index contributed by atoms with van der Waals surface area (Å²) in [6.45, 7) is 5.67. The molecule has 2 aromatic rings. The van der Waals surface area contributed by atoms with Gasteiger partial charge in [-0.25, -0.2) is 4.79 Å². The number of ether oxygens (including phenoxy) is 2. The average molecular weight is 389 g/mol. The van der Waals surface area contributed by atoms with E-state index in [0.717, 1.165) is 16.6 Å². The molecule has 0 bridgehead atoms. The lowest BCUT2D eigenvalue weighted by Gasteiger charge is -2.13. The summed E-state index contributed by atoms with van der Waals surface area (Å²) >= 11 is 0. The zero-order valence-corrected chi connectivity index (χ0v) is 16.8. The third kappa shape index (κ3) is 5.17. The number of rotatable bonds is 8. The Hall–Kier alpha value is -2.71. The van der Waals surface area contributed by atoms with E-state index in [9.17, 15) is 9.59 Å². The van der Waals surface area contributed by atoms with Crippen molar-refractivity contribution in [3.8, 4) is 5.75 Å². The van der Waals surface area contributed by atoms with E-state index >= 15 is 0 Å². The summed E-state index contributed by atoms with van der Waals surface area (Å²) in [4.78, 5) is 29.5. The third-order valence-electron chi connectivity index (χ3n) is 4.27. The molecule has 0 saturated carbocycles. The Morgan fingerprint density at radius 1 is 1.25 bits per heavy atom. The smallest absolute Gasteiger partial charge is 0.332 e. The van der Waals surface area contributed by atoms with Gasteiger partial charge in [0.2, 0.25) is 0 Å². The van der Waals surface area contributed by atoms with Crippen LogP contribution in [0.3, 0.4) is 0 Å². The Morgan fingerprint density at radius 3 is 2.68 bits per heavy atom. The SMILES string of the molecule is CCc1cccc(O/C(C)=N/c2c(C)c(=O)n(CCOCCO)c(=O)n2C)c1. The first-order valence-electron chi connectivity index (χ1n) is 9.20. The first kappa shape index (κ1) is 21.6. The van der Waals surface area contributed by atoms with E-state index in [1.165, 1.54) is 4.57 Å². The van der Waals surface area contributed by atoms with Gasteiger partial charge in [-0.1, -0.05) is 19.1 Å². The van der Waals surface area contributed by atoms with E-state index < -0.39 is 11.2 Å². The maximum Gasteiger partial charge on any atom is 0.332 e. The van der Waals surface area contributed by atoms with Crippen molar-refractivity contribution in [2.45, 2.75) is 33.7 Å². The number of aliphatic imine (C=N–C) groups is 1. The third-order valence-corrected chi connectivity index (χ3v) is 4.27. The predicted octanol–water partition coefficient (Wildman–Crippen LogP) is 1.56. The topological polar surface area (TPSA) is 95.1 Å². The van der Waals surface area contributed by atoms with Gasteiger partial charge in [-0.3, -0.25) is 13.9 Å². The second-order valence-electron chi connectivity index (χ2n) is 6.32. The van der Waals surface area contributed by atoms with Crippen LogP contribution in [-0.4, -0.2) is 40.0 Å². The molecule has 0 radical (unpaired) electrons. The van der Waals surface area contributed by atoms with Crippen LogP contribution in [0.1, 0.15) is 25.0 Å². The number of nitrogens with zero attached hydrogens (tertiary/aromatic N) is 3. The number of hydrogen-bond acceptors (Lipinski definition) is 6. The highest BCUT2D eigenvalue weighted by Gasteiger charge is 2.14. The fourth-order valence-electron chi connectivity index (χ4n) is 2.76. The van der Waals surface area contributed by atoms with Crippen molar-refractivity contribution in [3.63, 3.8) is 0 Å². The second-order valence-corrected chi connectivity index (χ2v) is 6.32. The Labute approximate surface area is 163 Å². The molecule has 0 fully saturated rings. The number of hydrogen-bond donors (Lipinski definition) is 1. The van der Waals surface area contributed by atoms with E-state index in [1.807, 2.05) is 24.3 Å². The van der Waals surface area contributed by atoms with Crippen molar-refractivity contribution in [2.24, 2.45) is 12.0 Å². The maximum absolute atomic E-state index is 12.6. The fraction of sp³-hybridized carbons (Fsp3) is 0.450. The summed E-state index contributed by atoms with van der Waals surface area (Å²) in [5, 5.41) is 8.73. The van der Waals surface area contributed by atoms with Gasteiger partial charge in [-0.2, -0.15) is 4.99 Å². The molecule has 152 valence electrons. The highest BCUT2D eigenvalue weighted by molar-refractivity contribution is 5.78. The molecule has 0 saturated heterocycles. The van der Waals surface area contributed by atoms with Crippen molar-refractivity contribution >= 4 is 11.7 Å². The van der Waals surface area contributed by atoms with Gasteiger partial charge >= 0.3 is 5.69 Å². The minimum atomic E-state index is -0.484. The maximum atomic E-state index is 12.6. The van der Waals surface area contributed by atoms with Gasteiger partial charge in [-0.15, -0.1) is 0 Å². The van der Waals surface area contributed by atoms with E-state index in [0.29, 0.717) is 17.2 Å². The van der Waals surface area contributed by atoms with Crippen LogP contribution < -0.4 is 16.0 Å². The van der Waals surface area contributed by atoms with Gasteiger partial charge in [0.05, 0.1) is 31.9 Å². The van der Waals surface area contributed by atoms with E-state index in [-0.39, 0.29) is 32.2 Å². The largest absolute Gasteiger partial charge is 0.443 e. The molecule has 0 aliphatic carbocycles. The van der Waals surface area contributed by atoms with Crippen LogP contribution in [-0.2, 0) is 24.8 Å². The number of aliphatic hydroxyl groups is 1. The first-order chi connectivity index (χ1) is 13.4. The van der Waals surface area contributed by atoms with Crippen LogP contribution in [0.2, 0.25) is 0 Å². The summed E-state index contributed by atoms with van der Waals surface area (Å²) in [6.07, 6.45) is 0.890. The molecule has 1 aromatic carbocycles. The molecule has 0 aliphatic heterocycles. The Morgan fingerprint density at radius 2 is 2.00 bits per heavy atom. The number of aromatic nitrogens is 2. The van der Waals surface area contributed by atoms with Crippen molar-refractivity contribution in [1.82, 2.24) is 9.13 Å². The lowest BCUT2D eigenvalue weighted by Crippen LogP contribution is -2.41. The fourth-order valence-corrected chi connectivity index (χ4v) is 2.76. The van der Waals surface area contributed by atoms with Gasteiger partial charge in [-0.05, 0) is 31.0 Å².